The number of nitrogens with zero attached hydrogens (tertiary/aromatic N) is 1. The maximum atomic E-state index is 12.7. The van der Waals surface area contributed by atoms with E-state index < -0.39 is 15.6 Å². The van der Waals surface area contributed by atoms with Gasteiger partial charge in [-0.25, -0.2) is 8.42 Å². The van der Waals surface area contributed by atoms with E-state index in [-0.39, 0.29) is 41.1 Å². The normalized spacial score (nSPS) is 24.8. The van der Waals surface area contributed by atoms with Gasteiger partial charge >= 0.3 is 0 Å². The van der Waals surface area contributed by atoms with Crippen LogP contribution in [0, 0.1) is 0 Å². The van der Waals surface area contributed by atoms with Crippen molar-refractivity contribution in [2.24, 2.45) is 0 Å². The molecule has 1 fully saturated rings. The summed E-state index contributed by atoms with van der Waals surface area (Å²) in [5.41, 5.74) is -1.23. The Hall–Kier alpha value is -0.370. The van der Waals surface area contributed by atoms with Crippen molar-refractivity contribution in [1.29, 1.82) is 0 Å². The van der Waals surface area contributed by atoms with Crippen molar-refractivity contribution in [3.63, 3.8) is 0 Å². The highest BCUT2D eigenvalue weighted by atomic mass is 35.5. The molecule has 1 heterocycles. The number of aliphatic hydroxyl groups is 2. The minimum Gasteiger partial charge on any atom is -0.393 e. The zero-order chi connectivity index (χ0) is 15.7. The second kappa shape index (κ2) is 6.40. The van der Waals surface area contributed by atoms with Crippen LogP contribution in [0.1, 0.15) is 19.3 Å². The number of benzene rings is 1. The fourth-order valence-corrected chi connectivity index (χ4v) is 4.98. The summed E-state index contributed by atoms with van der Waals surface area (Å²) < 4.78 is 26.6. The monoisotopic (exact) mass is 353 g/mol. The maximum absolute atomic E-state index is 12.7. The molecule has 8 heteroatoms. The van der Waals surface area contributed by atoms with E-state index in [4.69, 9.17) is 23.2 Å². The lowest BCUT2D eigenvalue weighted by Gasteiger charge is -2.24. The first-order valence-corrected chi connectivity index (χ1v) is 8.77. The highest BCUT2D eigenvalue weighted by Gasteiger charge is 2.35. The van der Waals surface area contributed by atoms with E-state index in [9.17, 15) is 18.6 Å². The summed E-state index contributed by atoms with van der Waals surface area (Å²) in [6.07, 6.45) is 0.981. The van der Waals surface area contributed by atoms with E-state index in [0.717, 1.165) is 0 Å². The number of hydrogen-bond donors (Lipinski definition) is 2. The molecule has 5 nitrogen and oxygen atoms in total. The zero-order valence-corrected chi connectivity index (χ0v) is 13.6. The number of halogens is 2. The van der Waals surface area contributed by atoms with Crippen LogP contribution in [-0.2, 0) is 10.0 Å². The maximum Gasteiger partial charge on any atom is 0.246 e. The molecule has 2 rings (SSSR count). The van der Waals surface area contributed by atoms with Gasteiger partial charge in [0.1, 0.15) is 4.90 Å². The molecule has 1 aromatic rings. The lowest BCUT2D eigenvalue weighted by Crippen LogP contribution is -2.36. The van der Waals surface area contributed by atoms with Crippen LogP contribution < -0.4 is 0 Å². The third kappa shape index (κ3) is 3.52. The molecule has 0 aromatic heterocycles. The third-order valence-corrected chi connectivity index (χ3v) is 6.54. The van der Waals surface area contributed by atoms with Gasteiger partial charge in [0.25, 0.3) is 0 Å². The van der Waals surface area contributed by atoms with Crippen LogP contribution in [0.15, 0.2) is 23.1 Å². The molecule has 0 saturated carbocycles. The van der Waals surface area contributed by atoms with Crippen LogP contribution in [-0.4, -0.2) is 48.2 Å². The Kier molecular flexibility index (Phi) is 5.18. The minimum atomic E-state index is -3.83. The van der Waals surface area contributed by atoms with Crippen LogP contribution >= 0.6 is 23.2 Å². The molecule has 118 valence electrons. The van der Waals surface area contributed by atoms with Gasteiger partial charge in [-0.15, -0.1) is 0 Å². The average Bonchev–Trinajstić information content (AvgIpc) is 2.61. The zero-order valence-electron chi connectivity index (χ0n) is 11.3. The van der Waals surface area contributed by atoms with E-state index in [1.54, 1.807) is 6.07 Å². The average molecular weight is 354 g/mol. The van der Waals surface area contributed by atoms with Gasteiger partial charge in [0.15, 0.2) is 0 Å². The van der Waals surface area contributed by atoms with Crippen molar-refractivity contribution in [3.05, 3.63) is 28.2 Å². The predicted octanol–water partition coefficient (Wildman–Crippen LogP) is 1.89. The Balaban J connectivity index is 2.32. The van der Waals surface area contributed by atoms with Crippen molar-refractivity contribution in [2.45, 2.75) is 29.8 Å². The summed E-state index contributed by atoms with van der Waals surface area (Å²) in [7, 11) is -3.83. The Morgan fingerprint density at radius 2 is 1.81 bits per heavy atom. The standard InChI is InChI=1S/C13H17Cl2NO4S/c14-10-3-1-4-11(15)12(10)21(19,20)16-7-2-5-13(18,9-17)6-8-16/h1,3-4,17-18H,2,5-9H2. The van der Waals surface area contributed by atoms with Crippen LogP contribution in [0.3, 0.4) is 0 Å². The van der Waals surface area contributed by atoms with E-state index >= 15 is 0 Å². The topological polar surface area (TPSA) is 77.8 Å². The summed E-state index contributed by atoms with van der Waals surface area (Å²) in [6.45, 7) is -0.0130. The second-order valence-electron chi connectivity index (χ2n) is 5.19. The summed E-state index contributed by atoms with van der Waals surface area (Å²) in [5, 5.41) is 19.5. The molecule has 1 aliphatic rings. The van der Waals surface area contributed by atoms with Crippen molar-refractivity contribution in [3.8, 4) is 0 Å². The van der Waals surface area contributed by atoms with E-state index in [2.05, 4.69) is 0 Å². The van der Waals surface area contributed by atoms with Crippen LogP contribution in [0.5, 0.6) is 0 Å². The molecule has 0 bridgehead atoms. The fourth-order valence-electron chi connectivity index (χ4n) is 2.41. The lowest BCUT2D eigenvalue weighted by atomic mass is 9.96. The Labute approximate surface area is 134 Å². The van der Waals surface area contributed by atoms with E-state index in [0.29, 0.717) is 12.8 Å². The summed E-state index contributed by atoms with van der Waals surface area (Å²) in [4.78, 5) is -0.109. The molecule has 1 aliphatic heterocycles. The highest BCUT2D eigenvalue weighted by molar-refractivity contribution is 7.89. The lowest BCUT2D eigenvalue weighted by molar-refractivity contribution is -0.0243. The number of aliphatic hydroxyl groups excluding tert-OH is 1. The van der Waals surface area contributed by atoms with E-state index in [1.807, 2.05) is 0 Å². The molecule has 1 atom stereocenters. The molecule has 2 N–H and O–H groups in total. The summed E-state index contributed by atoms with van der Waals surface area (Å²) in [6, 6.07) is 4.53. The van der Waals surface area contributed by atoms with Gasteiger partial charge < -0.3 is 10.2 Å². The fraction of sp³-hybridized carbons (Fsp3) is 0.538. The molecule has 1 unspecified atom stereocenters. The molecule has 1 aromatic carbocycles. The van der Waals surface area contributed by atoms with Gasteiger partial charge in [0.2, 0.25) is 10.0 Å². The number of hydrogen-bond acceptors (Lipinski definition) is 4. The largest absolute Gasteiger partial charge is 0.393 e. The van der Waals surface area contributed by atoms with Crippen LogP contribution in [0.4, 0.5) is 0 Å². The smallest absolute Gasteiger partial charge is 0.246 e. The summed E-state index contributed by atoms with van der Waals surface area (Å²) in [5.74, 6) is 0. The minimum absolute atomic E-state index is 0.0733. The third-order valence-electron chi connectivity index (χ3n) is 3.69. The number of sulfonamides is 1. The van der Waals surface area contributed by atoms with Crippen molar-refractivity contribution in [2.75, 3.05) is 19.7 Å². The quantitative estimate of drug-likeness (QED) is 0.869. The molecule has 21 heavy (non-hydrogen) atoms. The van der Waals surface area contributed by atoms with Crippen molar-refractivity contribution in [1.82, 2.24) is 4.31 Å². The first-order valence-electron chi connectivity index (χ1n) is 6.57. The van der Waals surface area contributed by atoms with Crippen LogP contribution in [0.25, 0.3) is 0 Å². The SMILES string of the molecule is O=S(=O)(c1c(Cl)cccc1Cl)N1CCCC(O)(CO)CC1. The van der Waals surface area contributed by atoms with Crippen molar-refractivity contribution >= 4 is 33.2 Å². The van der Waals surface area contributed by atoms with Gasteiger partial charge in [-0.05, 0) is 31.4 Å². The summed E-state index contributed by atoms with van der Waals surface area (Å²) >= 11 is 12.0. The second-order valence-corrected chi connectivity index (χ2v) is 7.88. The molecule has 0 radical (unpaired) electrons. The molecule has 1 saturated heterocycles. The van der Waals surface area contributed by atoms with Crippen molar-refractivity contribution < 1.29 is 18.6 Å². The first kappa shape index (κ1) is 17.0. The first-order chi connectivity index (χ1) is 9.80. The molecular formula is C13H17Cl2NO4S. The van der Waals surface area contributed by atoms with Gasteiger partial charge in [0.05, 0.1) is 22.3 Å². The van der Waals surface area contributed by atoms with E-state index in [1.165, 1.54) is 16.4 Å². The molecule has 0 amide bonds. The Morgan fingerprint density at radius 3 is 2.38 bits per heavy atom. The Morgan fingerprint density at radius 1 is 1.19 bits per heavy atom. The van der Waals surface area contributed by atoms with Gasteiger partial charge in [-0.3, -0.25) is 0 Å². The predicted molar refractivity (Wildman–Crippen MR) is 81.1 cm³/mol. The molecule has 0 aliphatic carbocycles. The number of rotatable bonds is 3. The molecule has 0 spiro atoms. The van der Waals surface area contributed by atoms with Gasteiger partial charge in [-0.2, -0.15) is 4.31 Å². The van der Waals surface area contributed by atoms with Crippen LogP contribution in [0.2, 0.25) is 10.0 Å². The van der Waals surface area contributed by atoms with Gasteiger partial charge in [0, 0.05) is 13.1 Å². The molecular weight excluding hydrogens is 337 g/mol. The van der Waals surface area contributed by atoms with Gasteiger partial charge in [-0.1, -0.05) is 29.3 Å². The highest BCUT2D eigenvalue weighted by Crippen LogP contribution is 2.33. The Bertz CT molecular complexity index is 602.